The molecule has 1 saturated heterocycles. The molecule has 1 aliphatic heterocycles. The Morgan fingerprint density at radius 2 is 1.85 bits per heavy atom. The molecule has 1 aliphatic carbocycles. The Kier molecular flexibility index (Phi) is 7.44. The van der Waals surface area contributed by atoms with Crippen LogP contribution in [0.15, 0.2) is 18.3 Å². The van der Waals surface area contributed by atoms with Gasteiger partial charge in [-0.25, -0.2) is 27.9 Å². The molecule has 2 amide bonds. The number of likely N-dealkylation sites (tertiary alicyclic amines) is 1. The quantitative estimate of drug-likeness (QED) is 0.396. The van der Waals surface area contributed by atoms with Crippen molar-refractivity contribution in [2.75, 3.05) is 30.8 Å². The number of halogens is 3. The number of hydrogen-bond acceptors (Lipinski definition) is 8. The number of amides is 2. The standard InChI is InChI=1S/C25H29F3N8O3/c1-39-25(38)35-10-2-3-14(12-35)31-23-30-11-18-22(34-23)36(15-6-4-13(5-7-15)21(29)37)24(33-18)32-17-9-8-16(26)19(27)20(17)28/h8-9,11,13-15H,2-7,10,12H2,1H3,(H2,29,37)(H,32,33)(H,30,31,34)/t13-,14-,15+/m1/s1. The number of carbonyl (C=O) groups excluding carboxylic acids is 2. The molecule has 14 heteroatoms. The summed E-state index contributed by atoms with van der Waals surface area (Å²) < 4.78 is 48.6. The van der Waals surface area contributed by atoms with Gasteiger partial charge in [-0.2, -0.15) is 4.98 Å². The summed E-state index contributed by atoms with van der Waals surface area (Å²) in [6, 6.07) is 1.64. The summed E-state index contributed by atoms with van der Waals surface area (Å²) in [5.74, 6) is -4.36. The van der Waals surface area contributed by atoms with Crippen molar-refractivity contribution in [1.29, 1.82) is 0 Å². The number of fused-ring (bicyclic) bond motifs is 1. The molecular weight excluding hydrogens is 517 g/mol. The number of benzene rings is 1. The van der Waals surface area contributed by atoms with Gasteiger partial charge in [-0.3, -0.25) is 9.36 Å². The Morgan fingerprint density at radius 1 is 1.08 bits per heavy atom. The molecule has 4 N–H and O–H groups in total. The number of primary amides is 1. The van der Waals surface area contributed by atoms with Crippen LogP contribution in [0.25, 0.3) is 11.2 Å². The molecule has 2 aliphatic rings. The van der Waals surface area contributed by atoms with Gasteiger partial charge >= 0.3 is 6.09 Å². The van der Waals surface area contributed by atoms with Crippen molar-refractivity contribution >= 4 is 40.7 Å². The Morgan fingerprint density at radius 3 is 2.56 bits per heavy atom. The molecule has 0 spiro atoms. The zero-order chi connectivity index (χ0) is 27.7. The van der Waals surface area contributed by atoms with Crippen LogP contribution in [0.4, 0.5) is 35.5 Å². The first-order valence-electron chi connectivity index (χ1n) is 12.8. The summed E-state index contributed by atoms with van der Waals surface area (Å²) in [4.78, 5) is 38.9. The van der Waals surface area contributed by atoms with Gasteiger partial charge in [-0.15, -0.1) is 0 Å². The monoisotopic (exact) mass is 546 g/mol. The van der Waals surface area contributed by atoms with Crippen LogP contribution in [0.3, 0.4) is 0 Å². The Bertz CT molecular complexity index is 1390. The lowest BCUT2D eigenvalue weighted by atomic mass is 9.85. The van der Waals surface area contributed by atoms with E-state index >= 15 is 0 Å². The van der Waals surface area contributed by atoms with Gasteiger partial charge in [0.15, 0.2) is 23.1 Å². The number of aromatic nitrogens is 4. The van der Waals surface area contributed by atoms with E-state index in [9.17, 15) is 22.8 Å². The van der Waals surface area contributed by atoms with E-state index in [1.807, 2.05) is 0 Å². The van der Waals surface area contributed by atoms with Crippen LogP contribution in [0.5, 0.6) is 0 Å². The normalized spacial score (nSPS) is 21.5. The van der Waals surface area contributed by atoms with Crippen LogP contribution >= 0.6 is 0 Å². The second-order valence-corrected chi connectivity index (χ2v) is 9.86. The van der Waals surface area contributed by atoms with Gasteiger partial charge in [-0.05, 0) is 50.7 Å². The van der Waals surface area contributed by atoms with Gasteiger partial charge in [0, 0.05) is 31.1 Å². The molecule has 0 bridgehead atoms. The van der Waals surface area contributed by atoms with E-state index in [2.05, 4.69) is 25.6 Å². The van der Waals surface area contributed by atoms with Gasteiger partial charge in [0.05, 0.1) is 19.0 Å². The minimum Gasteiger partial charge on any atom is -0.453 e. The summed E-state index contributed by atoms with van der Waals surface area (Å²) in [5.41, 5.74) is 6.07. The highest BCUT2D eigenvalue weighted by Crippen LogP contribution is 2.37. The molecule has 3 aromatic rings. The fourth-order valence-electron chi connectivity index (χ4n) is 5.33. The number of hydrogen-bond donors (Lipinski definition) is 3. The summed E-state index contributed by atoms with van der Waals surface area (Å²) >= 11 is 0. The molecule has 208 valence electrons. The summed E-state index contributed by atoms with van der Waals surface area (Å²) in [6.45, 7) is 1.02. The Labute approximate surface area is 221 Å². The van der Waals surface area contributed by atoms with Crippen molar-refractivity contribution in [2.45, 2.75) is 50.6 Å². The van der Waals surface area contributed by atoms with E-state index in [1.165, 1.54) is 13.3 Å². The van der Waals surface area contributed by atoms with Crippen LogP contribution in [0.1, 0.15) is 44.6 Å². The Balaban J connectivity index is 1.48. The third-order valence-electron chi connectivity index (χ3n) is 7.37. The van der Waals surface area contributed by atoms with Crippen molar-refractivity contribution in [3.63, 3.8) is 0 Å². The highest BCUT2D eigenvalue weighted by Gasteiger charge is 2.30. The highest BCUT2D eigenvalue weighted by molar-refractivity contribution is 5.78. The maximum Gasteiger partial charge on any atom is 0.409 e. The molecule has 1 saturated carbocycles. The van der Waals surface area contributed by atoms with E-state index in [4.69, 9.17) is 10.5 Å². The van der Waals surface area contributed by atoms with E-state index < -0.39 is 23.5 Å². The average molecular weight is 547 g/mol. The summed E-state index contributed by atoms with van der Waals surface area (Å²) in [7, 11) is 1.34. The number of imidazole rings is 1. The lowest BCUT2D eigenvalue weighted by Crippen LogP contribution is -2.45. The van der Waals surface area contributed by atoms with Gasteiger partial charge in [0.1, 0.15) is 5.52 Å². The first-order chi connectivity index (χ1) is 18.7. The maximum atomic E-state index is 14.5. The third-order valence-corrected chi connectivity index (χ3v) is 7.37. The predicted octanol–water partition coefficient (Wildman–Crippen LogP) is 3.85. The van der Waals surface area contributed by atoms with E-state index in [-0.39, 0.29) is 35.5 Å². The second kappa shape index (κ2) is 10.9. The van der Waals surface area contributed by atoms with Crippen LogP contribution in [-0.2, 0) is 9.53 Å². The van der Waals surface area contributed by atoms with Crippen LogP contribution in [0, 0.1) is 23.4 Å². The first kappa shape index (κ1) is 26.5. The van der Waals surface area contributed by atoms with Crippen LogP contribution in [0.2, 0.25) is 0 Å². The molecule has 0 unspecified atom stereocenters. The largest absolute Gasteiger partial charge is 0.453 e. The van der Waals surface area contributed by atoms with Gasteiger partial charge in [-0.1, -0.05) is 0 Å². The number of nitrogens with two attached hydrogens (primary N) is 1. The number of nitrogens with zero attached hydrogens (tertiary/aromatic N) is 5. The van der Waals surface area contributed by atoms with E-state index in [0.29, 0.717) is 55.9 Å². The van der Waals surface area contributed by atoms with Crippen molar-refractivity contribution in [3.8, 4) is 0 Å². The van der Waals surface area contributed by atoms with E-state index in [1.54, 1.807) is 9.47 Å². The topological polar surface area (TPSA) is 140 Å². The van der Waals surface area contributed by atoms with Crippen molar-refractivity contribution in [3.05, 3.63) is 35.8 Å². The van der Waals surface area contributed by atoms with Crippen molar-refractivity contribution in [1.82, 2.24) is 24.4 Å². The smallest absolute Gasteiger partial charge is 0.409 e. The predicted molar refractivity (Wildman–Crippen MR) is 136 cm³/mol. The third kappa shape index (κ3) is 5.40. The molecule has 5 rings (SSSR count). The minimum atomic E-state index is -1.59. The SMILES string of the molecule is COC(=O)N1CCC[C@@H](Nc2ncc3nc(Nc4ccc(F)c(F)c4F)n([C@H]4CC[C@@H](C(N)=O)CC4)c3n2)C1. The van der Waals surface area contributed by atoms with E-state index in [0.717, 1.165) is 25.0 Å². The molecule has 11 nitrogen and oxygen atoms in total. The van der Waals surface area contributed by atoms with Gasteiger partial charge in [0.25, 0.3) is 0 Å². The molecule has 2 aromatic heterocycles. The fourth-order valence-corrected chi connectivity index (χ4v) is 5.33. The molecule has 0 radical (unpaired) electrons. The van der Waals surface area contributed by atoms with Gasteiger partial charge in [0.2, 0.25) is 17.8 Å². The van der Waals surface area contributed by atoms with Crippen molar-refractivity contribution < 1.29 is 27.5 Å². The Hall–Kier alpha value is -4.10. The maximum absolute atomic E-state index is 14.5. The molecular formula is C25H29F3N8O3. The second-order valence-electron chi connectivity index (χ2n) is 9.86. The first-order valence-corrected chi connectivity index (χ1v) is 12.8. The van der Waals surface area contributed by atoms with Crippen molar-refractivity contribution in [2.24, 2.45) is 11.7 Å². The highest BCUT2D eigenvalue weighted by atomic mass is 19.2. The van der Waals surface area contributed by atoms with Crippen LogP contribution in [-0.4, -0.2) is 62.7 Å². The zero-order valence-corrected chi connectivity index (χ0v) is 21.3. The number of ether oxygens (including phenoxy) is 1. The molecule has 2 fully saturated rings. The summed E-state index contributed by atoms with van der Waals surface area (Å²) in [6.07, 6.45) is 4.97. The fraction of sp³-hybridized carbons (Fsp3) is 0.480. The zero-order valence-electron chi connectivity index (χ0n) is 21.3. The molecule has 3 heterocycles. The number of methoxy groups -OCH3 is 1. The minimum absolute atomic E-state index is 0.105. The molecule has 39 heavy (non-hydrogen) atoms. The summed E-state index contributed by atoms with van der Waals surface area (Å²) in [5, 5.41) is 6.06. The lowest BCUT2D eigenvalue weighted by Gasteiger charge is -2.32. The number of piperidine rings is 1. The van der Waals surface area contributed by atoms with Crippen LogP contribution < -0.4 is 16.4 Å². The lowest BCUT2D eigenvalue weighted by molar-refractivity contribution is -0.122. The number of nitrogens with one attached hydrogen (secondary N) is 2. The molecule has 1 aromatic carbocycles. The number of anilines is 3. The average Bonchev–Trinajstić information content (AvgIpc) is 3.30. The number of carbonyl (C=O) groups is 2. The molecule has 1 atom stereocenters. The van der Waals surface area contributed by atoms with Gasteiger partial charge < -0.3 is 26.0 Å². The number of rotatable bonds is 6.